The molecule has 1 rings (SSSR count). The Kier molecular flexibility index (Phi) is 3.15. The number of aryl methyl sites for hydroxylation is 2. The van der Waals surface area contributed by atoms with Gasteiger partial charge >= 0.3 is 0 Å². The maximum absolute atomic E-state index is 9.62. The van der Waals surface area contributed by atoms with Crippen LogP contribution < -0.4 is 0 Å². The molecule has 0 aromatic heterocycles. The molecule has 2 heteroatoms. The van der Waals surface area contributed by atoms with Gasteiger partial charge in [0.2, 0.25) is 0 Å². The van der Waals surface area contributed by atoms with Gasteiger partial charge in [-0.2, -0.15) is 0 Å². The van der Waals surface area contributed by atoms with Crippen molar-refractivity contribution in [2.45, 2.75) is 44.3 Å². The first-order valence-electron chi connectivity index (χ1n) is 4.79. The van der Waals surface area contributed by atoms with E-state index in [2.05, 4.69) is 20.8 Å². The van der Waals surface area contributed by atoms with Crippen molar-refractivity contribution in [3.8, 4) is 5.75 Å². The molecular weight excluding hydrogens is 192 g/mol. The molecule has 0 bridgehead atoms. The van der Waals surface area contributed by atoms with Crippen LogP contribution in [0.4, 0.5) is 0 Å². The van der Waals surface area contributed by atoms with Crippen LogP contribution in [0.25, 0.3) is 0 Å². The lowest BCUT2D eigenvalue weighted by molar-refractivity contribution is 0.466. The quantitative estimate of drug-likeness (QED) is 0.709. The summed E-state index contributed by atoms with van der Waals surface area (Å²) in [5.41, 5.74) is 1.91. The Balaban J connectivity index is 3.02. The fourth-order valence-corrected chi connectivity index (χ4v) is 2.51. The molecule has 14 heavy (non-hydrogen) atoms. The van der Waals surface area contributed by atoms with Gasteiger partial charge in [-0.1, -0.05) is 20.8 Å². The van der Waals surface area contributed by atoms with Crippen molar-refractivity contribution in [2.24, 2.45) is 0 Å². The molecule has 1 nitrogen and oxygen atoms in total. The average Bonchev–Trinajstić information content (AvgIpc) is 1.96. The van der Waals surface area contributed by atoms with Gasteiger partial charge in [-0.15, -0.1) is 11.8 Å². The molecule has 0 atom stereocenters. The zero-order valence-electron chi connectivity index (χ0n) is 9.51. The topological polar surface area (TPSA) is 20.2 Å². The van der Waals surface area contributed by atoms with E-state index in [0.29, 0.717) is 5.75 Å². The van der Waals surface area contributed by atoms with Gasteiger partial charge in [0, 0.05) is 9.64 Å². The Morgan fingerprint density at radius 2 is 1.50 bits per heavy atom. The highest BCUT2D eigenvalue weighted by molar-refractivity contribution is 8.00. The van der Waals surface area contributed by atoms with Crippen LogP contribution in [0.15, 0.2) is 17.0 Å². The number of hydrogen-bond acceptors (Lipinski definition) is 2. The Hall–Kier alpha value is -0.630. The summed E-state index contributed by atoms with van der Waals surface area (Å²) in [5, 5.41) is 9.62. The molecule has 0 heterocycles. The molecule has 0 unspecified atom stereocenters. The van der Waals surface area contributed by atoms with Crippen LogP contribution in [0.1, 0.15) is 31.9 Å². The molecule has 1 aromatic carbocycles. The third kappa shape index (κ3) is 2.95. The predicted molar refractivity (Wildman–Crippen MR) is 63.2 cm³/mol. The number of benzene rings is 1. The standard InChI is InChI=1S/C12H18OS/c1-8-6-10(14-12(3,4)5)7-9(2)11(8)13/h6-7,13H,1-5H3. The van der Waals surface area contributed by atoms with Crippen molar-refractivity contribution in [3.05, 3.63) is 23.3 Å². The maximum atomic E-state index is 9.62. The average molecular weight is 210 g/mol. The molecular formula is C12H18OS. The number of aromatic hydroxyl groups is 1. The molecule has 0 spiro atoms. The zero-order chi connectivity index (χ0) is 10.9. The van der Waals surface area contributed by atoms with Crippen LogP contribution in [0, 0.1) is 13.8 Å². The second-order valence-corrected chi connectivity index (χ2v) is 6.52. The normalized spacial score (nSPS) is 11.8. The summed E-state index contributed by atoms with van der Waals surface area (Å²) in [6, 6.07) is 4.08. The minimum absolute atomic E-state index is 0.218. The highest BCUT2D eigenvalue weighted by atomic mass is 32.2. The van der Waals surface area contributed by atoms with Crippen molar-refractivity contribution < 1.29 is 5.11 Å². The largest absolute Gasteiger partial charge is 0.507 e. The molecule has 0 aliphatic carbocycles. The Morgan fingerprint density at radius 1 is 1.07 bits per heavy atom. The smallest absolute Gasteiger partial charge is 0.121 e. The van der Waals surface area contributed by atoms with Crippen LogP contribution in [0.2, 0.25) is 0 Å². The lowest BCUT2D eigenvalue weighted by Crippen LogP contribution is -2.06. The van der Waals surface area contributed by atoms with Gasteiger partial charge in [0.05, 0.1) is 0 Å². The lowest BCUT2D eigenvalue weighted by atomic mass is 10.1. The third-order valence-corrected chi connectivity index (χ3v) is 2.97. The van der Waals surface area contributed by atoms with E-state index in [1.54, 1.807) is 0 Å². The van der Waals surface area contributed by atoms with Crippen molar-refractivity contribution in [1.29, 1.82) is 0 Å². The first kappa shape index (κ1) is 11.4. The minimum atomic E-state index is 0.218. The van der Waals surface area contributed by atoms with Gasteiger partial charge in [0.25, 0.3) is 0 Å². The van der Waals surface area contributed by atoms with Gasteiger partial charge in [-0.05, 0) is 37.1 Å². The van der Waals surface area contributed by atoms with Gasteiger partial charge < -0.3 is 5.11 Å². The Morgan fingerprint density at radius 3 is 1.86 bits per heavy atom. The Labute approximate surface area is 90.5 Å². The predicted octanol–water partition coefficient (Wildman–Crippen LogP) is 3.90. The highest BCUT2D eigenvalue weighted by Crippen LogP contribution is 2.35. The third-order valence-electron chi connectivity index (χ3n) is 1.89. The van der Waals surface area contributed by atoms with Crippen LogP contribution in [-0.2, 0) is 0 Å². The van der Waals surface area contributed by atoms with Crippen LogP contribution in [0.3, 0.4) is 0 Å². The second kappa shape index (κ2) is 3.85. The van der Waals surface area contributed by atoms with Crippen molar-refractivity contribution in [1.82, 2.24) is 0 Å². The summed E-state index contributed by atoms with van der Waals surface area (Å²) < 4.78 is 0.218. The molecule has 0 radical (unpaired) electrons. The number of hydrogen-bond donors (Lipinski definition) is 1. The summed E-state index contributed by atoms with van der Waals surface area (Å²) in [6.07, 6.45) is 0. The number of phenolic OH excluding ortho intramolecular Hbond substituents is 1. The van der Waals surface area contributed by atoms with Crippen molar-refractivity contribution in [3.63, 3.8) is 0 Å². The first-order valence-corrected chi connectivity index (χ1v) is 5.60. The first-order chi connectivity index (χ1) is 6.29. The number of thioether (sulfide) groups is 1. The van der Waals surface area contributed by atoms with Gasteiger partial charge in [0.15, 0.2) is 0 Å². The van der Waals surface area contributed by atoms with E-state index in [9.17, 15) is 5.11 Å². The lowest BCUT2D eigenvalue weighted by Gasteiger charge is -2.18. The minimum Gasteiger partial charge on any atom is -0.507 e. The fourth-order valence-electron chi connectivity index (χ4n) is 1.33. The summed E-state index contributed by atoms with van der Waals surface area (Å²) in [5.74, 6) is 0.420. The van der Waals surface area contributed by atoms with Crippen LogP contribution in [0.5, 0.6) is 5.75 Å². The van der Waals surface area contributed by atoms with Gasteiger partial charge in [-0.25, -0.2) is 0 Å². The highest BCUT2D eigenvalue weighted by Gasteiger charge is 2.13. The van der Waals surface area contributed by atoms with E-state index in [1.165, 1.54) is 4.90 Å². The summed E-state index contributed by atoms with van der Waals surface area (Å²) in [6.45, 7) is 10.4. The molecule has 1 aromatic rings. The number of phenols is 1. The van der Waals surface area contributed by atoms with E-state index in [1.807, 2.05) is 37.7 Å². The van der Waals surface area contributed by atoms with E-state index < -0.39 is 0 Å². The molecule has 0 amide bonds. The van der Waals surface area contributed by atoms with E-state index in [4.69, 9.17) is 0 Å². The molecule has 0 saturated carbocycles. The maximum Gasteiger partial charge on any atom is 0.121 e. The van der Waals surface area contributed by atoms with E-state index in [-0.39, 0.29) is 4.75 Å². The molecule has 0 aliphatic heterocycles. The molecule has 0 aliphatic rings. The zero-order valence-corrected chi connectivity index (χ0v) is 10.3. The summed E-state index contributed by atoms with van der Waals surface area (Å²) in [7, 11) is 0. The van der Waals surface area contributed by atoms with Crippen molar-refractivity contribution >= 4 is 11.8 Å². The Bertz CT molecular complexity index is 314. The fraction of sp³-hybridized carbons (Fsp3) is 0.500. The van der Waals surface area contributed by atoms with E-state index >= 15 is 0 Å². The second-order valence-electron chi connectivity index (χ2n) is 4.62. The van der Waals surface area contributed by atoms with Crippen molar-refractivity contribution in [2.75, 3.05) is 0 Å². The van der Waals surface area contributed by atoms with Gasteiger partial charge in [-0.3, -0.25) is 0 Å². The molecule has 0 fully saturated rings. The van der Waals surface area contributed by atoms with Crippen LogP contribution in [-0.4, -0.2) is 9.85 Å². The molecule has 78 valence electrons. The van der Waals surface area contributed by atoms with Crippen LogP contribution >= 0.6 is 11.8 Å². The summed E-state index contributed by atoms with van der Waals surface area (Å²) in [4.78, 5) is 1.23. The summed E-state index contributed by atoms with van der Waals surface area (Å²) >= 11 is 1.83. The SMILES string of the molecule is Cc1cc(SC(C)(C)C)cc(C)c1O. The van der Waals surface area contributed by atoms with Gasteiger partial charge in [0.1, 0.15) is 5.75 Å². The van der Waals surface area contributed by atoms with E-state index in [0.717, 1.165) is 11.1 Å². The molecule has 1 N–H and O–H groups in total. The monoisotopic (exact) mass is 210 g/mol. The number of rotatable bonds is 1. The molecule has 0 saturated heterocycles.